The predicted octanol–water partition coefficient (Wildman–Crippen LogP) is 1.56. The van der Waals surface area contributed by atoms with Gasteiger partial charge in [0.15, 0.2) is 5.75 Å². The van der Waals surface area contributed by atoms with Crippen LogP contribution in [0.5, 0.6) is 5.75 Å². The van der Waals surface area contributed by atoms with Crippen LogP contribution in [0.4, 0.5) is 0 Å². The van der Waals surface area contributed by atoms with Gasteiger partial charge in [-0.1, -0.05) is 13.8 Å². The first-order chi connectivity index (χ1) is 5.29. The summed E-state index contributed by atoms with van der Waals surface area (Å²) in [5.41, 5.74) is 0.937. The minimum absolute atomic E-state index is 0.320. The van der Waals surface area contributed by atoms with Gasteiger partial charge < -0.3 is 5.11 Å². The number of hydrogen-bond donors (Lipinski definition) is 1. The van der Waals surface area contributed by atoms with Gasteiger partial charge in [0.1, 0.15) is 0 Å². The Kier molecular flexibility index (Phi) is 2.52. The van der Waals surface area contributed by atoms with Crippen molar-refractivity contribution in [1.82, 2.24) is 9.78 Å². The minimum atomic E-state index is 0.320. The van der Waals surface area contributed by atoms with Crippen molar-refractivity contribution in [3.8, 4) is 5.75 Å². The molecule has 0 saturated heterocycles. The lowest BCUT2D eigenvalue weighted by molar-refractivity contribution is 0.463. The zero-order valence-electron chi connectivity index (χ0n) is 7.04. The molecule has 1 aromatic heterocycles. The molecule has 1 N–H and O–H groups in total. The van der Waals surface area contributed by atoms with Crippen LogP contribution >= 0.6 is 0 Å². The van der Waals surface area contributed by atoms with Crippen molar-refractivity contribution in [1.29, 1.82) is 0 Å². The molecule has 0 atom stereocenters. The summed E-state index contributed by atoms with van der Waals surface area (Å²) >= 11 is 0. The number of rotatable bonds is 3. The van der Waals surface area contributed by atoms with E-state index in [2.05, 4.69) is 12.0 Å². The zero-order chi connectivity index (χ0) is 8.27. The summed E-state index contributed by atoms with van der Waals surface area (Å²) in [7, 11) is 0. The van der Waals surface area contributed by atoms with E-state index in [1.165, 1.54) is 6.20 Å². The first kappa shape index (κ1) is 8.11. The fourth-order valence-electron chi connectivity index (χ4n) is 1.17. The SMILES string of the molecule is CCCn1ncc(O)c1CC. The summed E-state index contributed by atoms with van der Waals surface area (Å²) in [6, 6.07) is 0. The maximum Gasteiger partial charge on any atom is 0.156 e. The molecule has 0 aliphatic rings. The van der Waals surface area contributed by atoms with E-state index < -0.39 is 0 Å². The van der Waals surface area contributed by atoms with Crippen molar-refractivity contribution in [3.05, 3.63) is 11.9 Å². The average Bonchev–Trinajstić information content (AvgIpc) is 2.33. The van der Waals surface area contributed by atoms with Crippen molar-refractivity contribution >= 4 is 0 Å². The standard InChI is InChI=1S/C8H14N2O/c1-3-5-10-7(4-2)8(11)6-9-10/h6,11H,3-5H2,1-2H3. The van der Waals surface area contributed by atoms with Crippen LogP contribution in [0.25, 0.3) is 0 Å². The second-order valence-electron chi connectivity index (χ2n) is 2.55. The molecule has 0 radical (unpaired) electrons. The molecule has 0 aromatic carbocycles. The second-order valence-corrected chi connectivity index (χ2v) is 2.55. The fourth-order valence-corrected chi connectivity index (χ4v) is 1.17. The maximum absolute atomic E-state index is 9.27. The van der Waals surface area contributed by atoms with Gasteiger partial charge in [-0.2, -0.15) is 5.10 Å². The first-order valence-electron chi connectivity index (χ1n) is 4.03. The molecule has 0 fully saturated rings. The van der Waals surface area contributed by atoms with Crippen molar-refractivity contribution < 1.29 is 5.11 Å². The molecule has 1 heterocycles. The molecule has 0 bridgehead atoms. The molecule has 62 valence electrons. The van der Waals surface area contributed by atoms with Crippen LogP contribution in [0.1, 0.15) is 26.0 Å². The van der Waals surface area contributed by atoms with Crippen molar-refractivity contribution in [3.63, 3.8) is 0 Å². The highest BCUT2D eigenvalue weighted by Crippen LogP contribution is 2.15. The van der Waals surface area contributed by atoms with Gasteiger partial charge in [0.25, 0.3) is 0 Å². The van der Waals surface area contributed by atoms with Crippen LogP contribution in [0.2, 0.25) is 0 Å². The monoisotopic (exact) mass is 154 g/mol. The molecule has 0 spiro atoms. The van der Waals surface area contributed by atoms with Crippen molar-refractivity contribution in [2.75, 3.05) is 0 Å². The Balaban J connectivity index is 2.86. The minimum Gasteiger partial charge on any atom is -0.504 e. The van der Waals surface area contributed by atoms with Crippen molar-refractivity contribution in [2.24, 2.45) is 0 Å². The van der Waals surface area contributed by atoms with E-state index in [9.17, 15) is 5.11 Å². The number of aromatic nitrogens is 2. The number of hydrogen-bond acceptors (Lipinski definition) is 2. The highest BCUT2D eigenvalue weighted by atomic mass is 16.3. The van der Waals surface area contributed by atoms with Gasteiger partial charge in [-0.3, -0.25) is 4.68 Å². The largest absolute Gasteiger partial charge is 0.504 e. The molecule has 3 heteroatoms. The van der Waals surface area contributed by atoms with Gasteiger partial charge in [-0.25, -0.2) is 0 Å². The van der Waals surface area contributed by atoms with Crippen LogP contribution < -0.4 is 0 Å². The molecule has 0 unspecified atom stereocenters. The van der Waals surface area contributed by atoms with E-state index in [-0.39, 0.29) is 0 Å². The Morgan fingerprint density at radius 3 is 2.82 bits per heavy atom. The lowest BCUT2D eigenvalue weighted by atomic mass is 10.3. The van der Waals surface area contributed by atoms with Crippen LogP contribution in [0, 0.1) is 0 Å². The maximum atomic E-state index is 9.27. The Hall–Kier alpha value is -0.990. The number of aryl methyl sites for hydroxylation is 1. The molecular weight excluding hydrogens is 140 g/mol. The summed E-state index contributed by atoms with van der Waals surface area (Å²) < 4.78 is 1.86. The van der Waals surface area contributed by atoms with Crippen LogP contribution in [-0.2, 0) is 13.0 Å². The summed E-state index contributed by atoms with van der Waals surface area (Å²) in [5, 5.41) is 13.3. The summed E-state index contributed by atoms with van der Waals surface area (Å²) in [4.78, 5) is 0. The molecule has 0 aliphatic heterocycles. The van der Waals surface area contributed by atoms with E-state index in [0.717, 1.165) is 25.1 Å². The van der Waals surface area contributed by atoms with Crippen LogP contribution in [-0.4, -0.2) is 14.9 Å². The number of aromatic hydroxyl groups is 1. The second kappa shape index (κ2) is 3.42. The zero-order valence-corrected chi connectivity index (χ0v) is 7.04. The number of nitrogens with zero attached hydrogens (tertiary/aromatic N) is 2. The highest BCUT2D eigenvalue weighted by molar-refractivity contribution is 5.22. The lowest BCUT2D eigenvalue weighted by Gasteiger charge is -2.02. The third-order valence-corrected chi connectivity index (χ3v) is 1.70. The Labute approximate surface area is 66.7 Å². The normalized spacial score (nSPS) is 10.4. The molecule has 1 aromatic rings. The third kappa shape index (κ3) is 1.53. The summed E-state index contributed by atoms with van der Waals surface area (Å²) in [6.07, 6.45) is 3.40. The van der Waals surface area contributed by atoms with E-state index >= 15 is 0 Å². The van der Waals surface area contributed by atoms with Crippen LogP contribution in [0.3, 0.4) is 0 Å². The van der Waals surface area contributed by atoms with Gasteiger partial charge >= 0.3 is 0 Å². The molecule has 0 saturated carbocycles. The average molecular weight is 154 g/mol. The quantitative estimate of drug-likeness (QED) is 0.717. The molecule has 1 rings (SSSR count). The summed E-state index contributed by atoms with van der Waals surface area (Å²) in [6.45, 7) is 5.00. The Morgan fingerprint density at radius 1 is 1.55 bits per heavy atom. The van der Waals surface area contributed by atoms with E-state index in [1.54, 1.807) is 0 Å². The van der Waals surface area contributed by atoms with E-state index in [0.29, 0.717) is 5.75 Å². The van der Waals surface area contributed by atoms with E-state index in [1.807, 2.05) is 11.6 Å². The lowest BCUT2D eigenvalue weighted by Crippen LogP contribution is -2.02. The van der Waals surface area contributed by atoms with Gasteiger partial charge in [0.2, 0.25) is 0 Å². The smallest absolute Gasteiger partial charge is 0.156 e. The fraction of sp³-hybridized carbons (Fsp3) is 0.625. The third-order valence-electron chi connectivity index (χ3n) is 1.70. The molecule has 11 heavy (non-hydrogen) atoms. The molecule has 3 nitrogen and oxygen atoms in total. The van der Waals surface area contributed by atoms with Gasteiger partial charge in [0.05, 0.1) is 11.9 Å². The van der Waals surface area contributed by atoms with Crippen molar-refractivity contribution in [2.45, 2.75) is 33.2 Å². The summed E-state index contributed by atoms with van der Waals surface area (Å²) in [5.74, 6) is 0.320. The predicted molar refractivity (Wildman–Crippen MR) is 43.6 cm³/mol. The van der Waals surface area contributed by atoms with Gasteiger partial charge in [-0.15, -0.1) is 0 Å². The molecule has 0 amide bonds. The van der Waals surface area contributed by atoms with Gasteiger partial charge in [-0.05, 0) is 12.8 Å². The first-order valence-corrected chi connectivity index (χ1v) is 4.03. The van der Waals surface area contributed by atoms with Crippen LogP contribution in [0.15, 0.2) is 6.20 Å². The van der Waals surface area contributed by atoms with Gasteiger partial charge in [0, 0.05) is 6.54 Å². The highest BCUT2D eigenvalue weighted by Gasteiger charge is 2.05. The Bertz CT molecular complexity index is 230. The topological polar surface area (TPSA) is 38.0 Å². The Morgan fingerprint density at radius 2 is 2.27 bits per heavy atom. The van der Waals surface area contributed by atoms with E-state index in [4.69, 9.17) is 0 Å². The molecular formula is C8H14N2O. The molecule has 0 aliphatic carbocycles.